The molecule has 0 spiro atoms. The van der Waals surface area contributed by atoms with Crippen LogP contribution in [-0.2, 0) is 13.1 Å². The molecule has 2 aromatic heterocycles. The zero-order chi connectivity index (χ0) is 11.4. The molecule has 2 aromatic rings. The molecule has 2 heterocycles. The zero-order valence-electron chi connectivity index (χ0n) is 8.90. The minimum absolute atomic E-state index is 0.617. The van der Waals surface area contributed by atoms with E-state index in [1.807, 2.05) is 19.1 Å². The van der Waals surface area contributed by atoms with Crippen LogP contribution in [0.15, 0.2) is 33.4 Å². The summed E-state index contributed by atoms with van der Waals surface area (Å²) in [5, 5.41) is 3.22. The summed E-state index contributed by atoms with van der Waals surface area (Å²) in [7, 11) is 0. The van der Waals surface area contributed by atoms with Gasteiger partial charge in [-0.25, -0.2) is 4.98 Å². The van der Waals surface area contributed by atoms with Crippen LogP contribution in [0.1, 0.15) is 17.3 Å². The quantitative estimate of drug-likeness (QED) is 0.935. The first-order valence-corrected chi connectivity index (χ1v) is 5.76. The molecule has 2 rings (SSSR count). The molecule has 0 saturated heterocycles. The molecule has 0 radical (unpaired) electrons. The number of hydrogen-bond donors (Lipinski definition) is 1. The fourth-order valence-corrected chi connectivity index (χ4v) is 1.53. The van der Waals surface area contributed by atoms with Crippen LogP contribution in [0.3, 0.4) is 0 Å². The predicted molar refractivity (Wildman–Crippen MR) is 63.7 cm³/mol. The molecular weight excluding hydrogens is 270 g/mol. The monoisotopic (exact) mass is 281 g/mol. The Bertz CT molecular complexity index is 453. The summed E-state index contributed by atoms with van der Waals surface area (Å²) in [5.74, 6) is 1.54. The first kappa shape index (κ1) is 11.3. The van der Waals surface area contributed by atoms with E-state index in [1.54, 1.807) is 12.4 Å². The highest BCUT2D eigenvalue weighted by molar-refractivity contribution is 9.10. The molecule has 4 nitrogen and oxygen atoms in total. The number of nitrogens with one attached hydrogen (secondary N) is 1. The normalized spacial score (nSPS) is 10.6. The molecular formula is C11H12BrN3O. The van der Waals surface area contributed by atoms with Gasteiger partial charge in [-0.2, -0.15) is 0 Å². The molecule has 0 saturated carbocycles. The summed E-state index contributed by atoms with van der Waals surface area (Å²) >= 11 is 3.35. The van der Waals surface area contributed by atoms with E-state index in [0.29, 0.717) is 19.0 Å². The summed E-state index contributed by atoms with van der Waals surface area (Å²) in [4.78, 5) is 8.36. The number of nitrogens with zero attached hydrogens (tertiary/aromatic N) is 2. The van der Waals surface area contributed by atoms with Crippen LogP contribution in [0.25, 0.3) is 0 Å². The third-order valence-corrected chi connectivity index (χ3v) is 2.51. The average molecular weight is 282 g/mol. The maximum atomic E-state index is 5.34. The fourth-order valence-electron chi connectivity index (χ4n) is 1.29. The largest absolute Gasteiger partial charge is 0.445 e. The summed E-state index contributed by atoms with van der Waals surface area (Å²) < 4.78 is 6.32. The van der Waals surface area contributed by atoms with Crippen LogP contribution < -0.4 is 5.32 Å². The lowest BCUT2D eigenvalue weighted by Crippen LogP contribution is -2.13. The second-order valence-electron chi connectivity index (χ2n) is 3.44. The topological polar surface area (TPSA) is 51.0 Å². The summed E-state index contributed by atoms with van der Waals surface area (Å²) in [6.45, 7) is 3.20. The van der Waals surface area contributed by atoms with Gasteiger partial charge in [-0.05, 0) is 35.0 Å². The predicted octanol–water partition coefficient (Wildman–Crippen LogP) is 2.43. The summed E-state index contributed by atoms with van der Waals surface area (Å²) in [6, 6.07) is 3.94. The molecule has 5 heteroatoms. The molecule has 0 aliphatic heterocycles. The highest BCUT2D eigenvalue weighted by Gasteiger charge is 2.00. The molecule has 0 fully saturated rings. The van der Waals surface area contributed by atoms with E-state index in [0.717, 1.165) is 15.9 Å². The van der Waals surface area contributed by atoms with Crippen molar-refractivity contribution < 1.29 is 4.42 Å². The average Bonchev–Trinajstić information content (AvgIpc) is 2.67. The number of aryl methyl sites for hydroxylation is 1. The van der Waals surface area contributed by atoms with Gasteiger partial charge in [-0.1, -0.05) is 0 Å². The van der Waals surface area contributed by atoms with E-state index >= 15 is 0 Å². The molecule has 84 valence electrons. The lowest BCUT2D eigenvalue weighted by atomic mass is 10.3. The Balaban J connectivity index is 1.82. The van der Waals surface area contributed by atoms with Crippen molar-refractivity contribution in [3.05, 3.63) is 46.3 Å². The zero-order valence-corrected chi connectivity index (χ0v) is 10.5. The summed E-state index contributed by atoms with van der Waals surface area (Å²) in [6.07, 6.45) is 3.50. The number of hydrogen-bond acceptors (Lipinski definition) is 4. The molecule has 0 bridgehead atoms. The molecule has 0 aliphatic carbocycles. The van der Waals surface area contributed by atoms with Crippen molar-refractivity contribution >= 4 is 15.9 Å². The van der Waals surface area contributed by atoms with Gasteiger partial charge >= 0.3 is 0 Å². The van der Waals surface area contributed by atoms with Gasteiger partial charge in [0.25, 0.3) is 0 Å². The van der Waals surface area contributed by atoms with Crippen LogP contribution >= 0.6 is 15.9 Å². The molecule has 0 atom stereocenters. The van der Waals surface area contributed by atoms with Crippen LogP contribution in [-0.4, -0.2) is 9.97 Å². The first-order valence-electron chi connectivity index (χ1n) is 4.96. The Kier molecular flexibility index (Phi) is 3.69. The van der Waals surface area contributed by atoms with E-state index in [9.17, 15) is 0 Å². The van der Waals surface area contributed by atoms with Crippen molar-refractivity contribution in [2.45, 2.75) is 20.0 Å². The second kappa shape index (κ2) is 5.23. The van der Waals surface area contributed by atoms with Gasteiger partial charge in [0.1, 0.15) is 5.76 Å². The van der Waals surface area contributed by atoms with Crippen molar-refractivity contribution in [1.29, 1.82) is 0 Å². The van der Waals surface area contributed by atoms with E-state index in [2.05, 4.69) is 31.2 Å². The molecule has 1 N–H and O–H groups in total. The number of oxazole rings is 1. The Hall–Kier alpha value is -1.20. The SMILES string of the molecule is Cc1cnc(CNCc2ccc(Br)cn2)o1. The molecule has 16 heavy (non-hydrogen) atoms. The van der Waals surface area contributed by atoms with Gasteiger partial charge in [-0.15, -0.1) is 0 Å². The number of aromatic nitrogens is 2. The van der Waals surface area contributed by atoms with Gasteiger partial charge < -0.3 is 9.73 Å². The van der Waals surface area contributed by atoms with Crippen molar-refractivity contribution in [1.82, 2.24) is 15.3 Å². The summed E-state index contributed by atoms with van der Waals surface area (Å²) in [5.41, 5.74) is 0.992. The van der Waals surface area contributed by atoms with Gasteiger partial charge in [-0.3, -0.25) is 4.98 Å². The smallest absolute Gasteiger partial charge is 0.208 e. The lowest BCUT2D eigenvalue weighted by molar-refractivity contribution is 0.448. The van der Waals surface area contributed by atoms with Gasteiger partial charge in [0.15, 0.2) is 0 Å². The Morgan fingerprint density at radius 2 is 2.12 bits per heavy atom. The van der Waals surface area contributed by atoms with Crippen LogP contribution in [0, 0.1) is 6.92 Å². The van der Waals surface area contributed by atoms with Crippen molar-refractivity contribution in [2.24, 2.45) is 0 Å². The Morgan fingerprint density at radius 1 is 1.25 bits per heavy atom. The third kappa shape index (κ3) is 3.15. The maximum Gasteiger partial charge on any atom is 0.208 e. The van der Waals surface area contributed by atoms with E-state index < -0.39 is 0 Å². The molecule has 0 aromatic carbocycles. The highest BCUT2D eigenvalue weighted by atomic mass is 79.9. The molecule has 0 unspecified atom stereocenters. The number of pyridine rings is 1. The van der Waals surface area contributed by atoms with Crippen LogP contribution in [0.5, 0.6) is 0 Å². The van der Waals surface area contributed by atoms with E-state index in [1.165, 1.54) is 0 Å². The van der Waals surface area contributed by atoms with E-state index in [-0.39, 0.29) is 0 Å². The van der Waals surface area contributed by atoms with Crippen LogP contribution in [0.2, 0.25) is 0 Å². The highest BCUT2D eigenvalue weighted by Crippen LogP contribution is 2.07. The Labute approximate surface area is 102 Å². The van der Waals surface area contributed by atoms with E-state index in [4.69, 9.17) is 4.42 Å². The molecule has 0 aliphatic rings. The van der Waals surface area contributed by atoms with Crippen LogP contribution in [0.4, 0.5) is 0 Å². The van der Waals surface area contributed by atoms with Crippen molar-refractivity contribution in [2.75, 3.05) is 0 Å². The van der Waals surface area contributed by atoms with Gasteiger partial charge in [0.05, 0.1) is 18.4 Å². The fraction of sp³-hybridized carbons (Fsp3) is 0.273. The Morgan fingerprint density at radius 3 is 2.75 bits per heavy atom. The minimum atomic E-state index is 0.617. The maximum absolute atomic E-state index is 5.34. The number of rotatable bonds is 4. The molecule has 0 amide bonds. The minimum Gasteiger partial charge on any atom is -0.445 e. The lowest BCUT2D eigenvalue weighted by Gasteiger charge is -2.01. The van der Waals surface area contributed by atoms with Crippen molar-refractivity contribution in [3.8, 4) is 0 Å². The standard InChI is InChI=1S/C11H12BrN3O/c1-8-4-15-11(16-8)7-13-6-10-3-2-9(12)5-14-10/h2-5,13H,6-7H2,1H3. The van der Waals surface area contributed by atoms with Crippen molar-refractivity contribution in [3.63, 3.8) is 0 Å². The van der Waals surface area contributed by atoms with Gasteiger partial charge in [0, 0.05) is 17.2 Å². The van der Waals surface area contributed by atoms with Gasteiger partial charge in [0.2, 0.25) is 5.89 Å². The first-order chi connectivity index (χ1) is 7.74. The third-order valence-electron chi connectivity index (χ3n) is 2.04. The second-order valence-corrected chi connectivity index (χ2v) is 4.35. The number of halogens is 1.